The first kappa shape index (κ1) is 16.8. The summed E-state index contributed by atoms with van der Waals surface area (Å²) in [5, 5.41) is 2.93. The molecule has 0 fully saturated rings. The Hall–Kier alpha value is -2.53. The second-order valence-corrected chi connectivity index (χ2v) is 5.12. The normalized spacial score (nSPS) is 11.4. The minimum atomic E-state index is -0.983. The van der Waals surface area contributed by atoms with Crippen LogP contribution in [0.5, 0.6) is 5.75 Å². The summed E-state index contributed by atoms with van der Waals surface area (Å²) in [4.78, 5) is 24.2. The summed E-state index contributed by atoms with van der Waals surface area (Å²) < 4.78 is 10.3. The average Bonchev–Trinajstić information content (AvgIpc) is 2.55. The molecule has 23 heavy (non-hydrogen) atoms. The number of anilines is 1. The van der Waals surface area contributed by atoms with Crippen LogP contribution in [-0.4, -0.2) is 25.1 Å². The summed E-state index contributed by atoms with van der Waals surface area (Å²) in [5.41, 5.74) is 0.715. The van der Waals surface area contributed by atoms with Crippen molar-refractivity contribution in [2.75, 3.05) is 12.4 Å². The van der Waals surface area contributed by atoms with E-state index in [-0.39, 0.29) is 10.6 Å². The Morgan fingerprint density at radius 1 is 1.09 bits per heavy atom. The summed E-state index contributed by atoms with van der Waals surface area (Å²) in [6.07, 6.45) is -0.983. The van der Waals surface area contributed by atoms with E-state index in [2.05, 4.69) is 5.32 Å². The molecule has 0 spiro atoms. The molecule has 2 aromatic carbocycles. The van der Waals surface area contributed by atoms with Crippen molar-refractivity contribution >= 4 is 29.2 Å². The topological polar surface area (TPSA) is 64.6 Å². The maximum Gasteiger partial charge on any atom is 0.340 e. The molecule has 2 rings (SSSR count). The number of para-hydroxylation sites is 2. The van der Waals surface area contributed by atoms with E-state index in [0.29, 0.717) is 11.4 Å². The van der Waals surface area contributed by atoms with Crippen LogP contribution in [0.1, 0.15) is 17.3 Å². The van der Waals surface area contributed by atoms with Crippen molar-refractivity contribution in [3.8, 4) is 5.75 Å². The maximum atomic E-state index is 12.2. The minimum absolute atomic E-state index is 0.214. The van der Waals surface area contributed by atoms with Gasteiger partial charge in [0.1, 0.15) is 5.75 Å². The van der Waals surface area contributed by atoms with Crippen LogP contribution in [0, 0.1) is 0 Å². The number of carbonyl (C=O) groups is 2. The summed E-state index contributed by atoms with van der Waals surface area (Å²) in [6, 6.07) is 13.5. The predicted octanol–water partition coefficient (Wildman–Crippen LogP) is 3.53. The van der Waals surface area contributed by atoms with Gasteiger partial charge in [-0.2, -0.15) is 0 Å². The molecule has 0 radical (unpaired) electrons. The lowest BCUT2D eigenvalue weighted by Crippen LogP contribution is -2.30. The molecule has 0 aliphatic carbocycles. The highest BCUT2D eigenvalue weighted by Crippen LogP contribution is 2.23. The van der Waals surface area contributed by atoms with E-state index in [1.54, 1.807) is 42.5 Å². The highest BCUT2D eigenvalue weighted by atomic mass is 35.5. The quantitative estimate of drug-likeness (QED) is 0.850. The number of rotatable bonds is 5. The molecular weight excluding hydrogens is 318 g/mol. The number of benzene rings is 2. The molecule has 120 valence electrons. The van der Waals surface area contributed by atoms with Crippen molar-refractivity contribution < 1.29 is 19.1 Å². The molecule has 0 aliphatic rings. The minimum Gasteiger partial charge on any atom is -0.495 e. The van der Waals surface area contributed by atoms with Crippen molar-refractivity contribution in [3.05, 3.63) is 59.1 Å². The van der Waals surface area contributed by atoms with Crippen molar-refractivity contribution in [2.24, 2.45) is 0 Å². The van der Waals surface area contributed by atoms with Gasteiger partial charge in [0, 0.05) is 0 Å². The number of ether oxygens (including phenoxy) is 2. The summed E-state index contributed by atoms with van der Waals surface area (Å²) in [5.74, 6) is -0.598. The zero-order chi connectivity index (χ0) is 16.8. The molecule has 1 atom stereocenters. The van der Waals surface area contributed by atoms with Gasteiger partial charge in [0.05, 0.1) is 23.4 Å². The number of carbonyl (C=O) groups excluding carboxylic acids is 2. The second kappa shape index (κ2) is 7.65. The van der Waals surface area contributed by atoms with Gasteiger partial charge in [-0.15, -0.1) is 0 Å². The number of methoxy groups -OCH3 is 1. The van der Waals surface area contributed by atoms with Gasteiger partial charge in [0.25, 0.3) is 5.91 Å². The summed E-state index contributed by atoms with van der Waals surface area (Å²) in [7, 11) is 1.51. The number of hydrogen-bond acceptors (Lipinski definition) is 4. The Morgan fingerprint density at radius 2 is 1.74 bits per heavy atom. The zero-order valence-electron chi connectivity index (χ0n) is 12.7. The van der Waals surface area contributed by atoms with E-state index in [1.165, 1.54) is 20.1 Å². The molecule has 0 heterocycles. The molecule has 5 nitrogen and oxygen atoms in total. The second-order valence-electron chi connectivity index (χ2n) is 4.72. The Labute approximate surface area is 139 Å². The van der Waals surface area contributed by atoms with Crippen LogP contribution in [0.15, 0.2) is 48.5 Å². The lowest BCUT2D eigenvalue weighted by Gasteiger charge is -2.15. The van der Waals surface area contributed by atoms with Crippen LogP contribution >= 0.6 is 11.6 Å². The highest BCUT2D eigenvalue weighted by molar-refractivity contribution is 6.33. The zero-order valence-corrected chi connectivity index (χ0v) is 13.5. The van der Waals surface area contributed by atoms with Crippen molar-refractivity contribution in [3.63, 3.8) is 0 Å². The lowest BCUT2D eigenvalue weighted by atomic mass is 10.2. The molecule has 0 aromatic heterocycles. The fraction of sp³-hybridized carbons (Fsp3) is 0.176. The molecule has 2 aromatic rings. The Kier molecular flexibility index (Phi) is 5.60. The first-order valence-electron chi connectivity index (χ1n) is 6.92. The van der Waals surface area contributed by atoms with Gasteiger partial charge in [0.15, 0.2) is 6.10 Å². The number of nitrogens with one attached hydrogen (secondary N) is 1. The first-order valence-corrected chi connectivity index (χ1v) is 7.30. The van der Waals surface area contributed by atoms with E-state index in [0.717, 1.165) is 0 Å². The molecule has 0 unspecified atom stereocenters. The SMILES string of the molecule is COc1ccccc1NC(=O)[C@@H](C)OC(=O)c1ccccc1Cl. The first-order chi connectivity index (χ1) is 11.0. The molecule has 6 heteroatoms. The van der Waals surface area contributed by atoms with Gasteiger partial charge in [-0.05, 0) is 31.2 Å². The molecule has 1 N–H and O–H groups in total. The van der Waals surface area contributed by atoms with Crippen LogP contribution in [-0.2, 0) is 9.53 Å². The van der Waals surface area contributed by atoms with Gasteiger partial charge >= 0.3 is 5.97 Å². The van der Waals surface area contributed by atoms with E-state index < -0.39 is 18.0 Å². The summed E-state index contributed by atoms with van der Waals surface area (Å²) in [6.45, 7) is 1.49. The smallest absolute Gasteiger partial charge is 0.340 e. The fourth-order valence-corrected chi connectivity index (χ4v) is 2.10. The Balaban J connectivity index is 2.03. The monoisotopic (exact) mass is 333 g/mol. The van der Waals surface area contributed by atoms with Gasteiger partial charge in [-0.1, -0.05) is 35.9 Å². The van der Waals surface area contributed by atoms with Crippen LogP contribution in [0.4, 0.5) is 5.69 Å². The Bertz CT molecular complexity index is 717. The van der Waals surface area contributed by atoms with Gasteiger partial charge in [-0.3, -0.25) is 4.79 Å². The van der Waals surface area contributed by atoms with Crippen LogP contribution < -0.4 is 10.1 Å². The third kappa shape index (κ3) is 4.23. The number of hydrogen-bond donors (Lipinski definition) is 1. The molecule has 0 saturated carbocycles. The Morgan fingerprint density at radius 3 is 2.43 bits per heavy atom. The summed E-state index contributed by atoms with van der Waals surface area (Å²) >= 11 is 5.93. The lowest BCUT2D eigenvalue weighted by molar-refractivity contribution is -0.123. The van der Waals surface area contributed by atoms with Gasteiger partial charge in [-0.25, -0.2) is 4.79 Å². The standard InChI is InChI=1S/C17H16ClNO4/c1-11(23-17(21)12-7-3-4-8-13(12)18)16(20)19-14-9-5-6-10-15(14)22-2/h3-11H,1-2H3,(H,19,20)/t11-/m1/s1. The molecule has 0 bridgehead atoms. The molecule has 0 saturated heterocycles. The van der Waals surface area contributed by atoms with Crippen molar-refractivity contribution in [2.45, 2.75) is 13.0 Å². The highest BCUT2D eigenvalue weighted by Gasteiger charge is 2.21. The molecule has 1 amide bonds. The van der Waals surface area contributed by atoms with Crippen LogP contribution in [0.2, 0.25) is 5.02 Å². The van der Waals surface area contributed by atoms with Gasteiger partial charge in [0.2, 0.25) is 0 Å². The largest absolute Gasteiger partial charge is 0.495 e. The average molecular weight is 334 g/mol. The number of halogens is 1. The number of esters is 1. The number of amides is 1. The van der Waals surface area contributed by atoms with Gasteiger partial charge < -0.3 is 14.8 Å². The van der Waals surface area contributed by atoms with E-state index in [9.17, 15) is 9.59 Å². The molecular formula is C17H16ClNO4. The maximum absolute atomic E-state index is 12.2. The van der Waals surface area contributed by atoms with Crippen molar-refractivity contribution in [1.29, 1.82) is 0 Å². The third-order valence-corrected chi connectivity index (χ3v) is 3.44. The van der Waals surface area contributed by atoms with Crippen molar-refractivity contribution in [1.82, 2.24) is 0 Å². The fourth-order valence-electron chi connectivity index (χ4n) is 1.89. The molecule has 0 aliphatic heterocycles. The third-order valence-electron chi connectivity index (χ3n) is 3.11. The van der Waals surface area contributed by atoms with E-state index in [4.69, 9.17) is 21.1 Å². The van der Waals surface area contributed by atoms with Crippen LogP contribution in [0.25, 0.3) is 0 Å². The van der Waals surface area contributed by atoms with Crippen LogP contribution in [0.3, 0.4) is 0 Å². The van der Waals surface area contributed by atoms with E-state index >= 15 is 0 Å². The van der Waals surface area contributed by atoms with E-state index in [1.807, 2.05) is 0 Å². The predicted molar refractivity (Wildman–Crippen MR) is 88.0 cm³/mol.